The van der Waals surface area contributed by atoms with Crippen molar-refractivity contribution in [2.45, 2.75) is 75.9 Å². The number of benzene rings is 2. The molecule has 0 amide bonds. The molecule has 0 spiro atoms. The van der Waals surface area contributed by atoms with Gasteiger partial charge in [-0.1, -0.05) is 87.4 Å². The Balaban J connectivity index is 1.64. The third-order valence-electron chi connectivity index (χ3n) is 7.89. The fraction of sp³-hybridized carbons (Fsp3) is 0.419. The lowest BCUT2D eigenvalue weighted by atomic mass is 9.88. The lowest BCUT2D eigenvalue weighted by Gasteiger charge is -2.44. The first-order valence-electron chi connectivity index (χ1n) is 13.4. The van der Waals surface area contributed by atoms with Crippen molar-refractivity contribution < 1.29 is 18.6 Å². The Hall–Kier alpha value is -3.26. The average Bonchev–Trinajstić information content (AvgIpc) is 3.29. The summed E-state index contributed by atoms with van der Waals surface area (Å²) in [6.07, 6.45) is 6.16. The molecule has 0 radical (unpaired) electrons. The van der Waals surface area contributed by atoms with E-state index in [1.165, 1.54) is 4.57 Å². The molecule has 2 aliphatic heterocycles. The predicted molar refractivity (Wildman–Crippen MR) is 157 cm³/mol. The van der Waals surface area contributed by atoms with Crippen LogP contribution in [0.1, 0.15) is 47.8 Å². The highest BCUT2D eigenvalue weighted by Gasteiger charge is 2.71. The summed E-state index contributed by atoms with van der Waals surface area (Å²) in [5, 5.41) is 1.94. The van der Waals surface area contributed by atoms with E-state index < -0.39 is 43.3 Å². The largest absolute Gasteiger partial charge is 0.403 e. The van der Waals surface area contributed by atoms with Crippen molar-refractivity contribution in [3.63, 3.8) is 0 Å². The van der Waals surface area contributed by atoms with Crippen LogP contribution in [0.5, 0.6) is 0 Å². The summed E-state index contributed by atoms with van der Waals surface area (Å²) in [4.78, 5) is 16.9. The highest BCUT2D eigenvalue weighted by molar-refractivity contribution is 6.99. The minimum Gasteiger partial charge on any atom is -0.403 e. The number of ether oxygens (including phenoxy) is 3. The highest BCUT2D eigenvalue weighted by Crippen LogP contribution is 2.55. The summed E-state index contributed by atoms with van der Waals surface area (Å²) in [6.45, 7) is 12.1. The Labute approximate surface area is 236 Å². The zero-order chi connectivity index (χ0) is 29.0. The number of fused-ring (bicyclic) bond motifs is 1. The summed E-state index contributed by atoms with van der Waals surface area (Å²) >= 11 is 0. The average molecular weight is 560 g/mol. The maximum atomic E-state index is 13.0. The number of anilines is 1. The Morgan fingerprint density at radius 3 is 2.10 bits per heavy atom. The molecule has 1 unspecified atom stereocenters. The van der Waals surface area contributed by atoms with Gasteiger partial charge in [0.2, 0.25) is 0 Å². The Morgan fingerprint density at radius 1 is 1.02 bits per heavy atom. The first kappa shape index (κ1) is 28.3. The lowest BCUT2D eigenvalue weighted by Crippen LogP contribution is -2.68. The number of aromatic nitrogens is 2. The number of nitrogens with zero attached hydrogens (tertiary/aromatic N) is 2. The monoisotopic (exact) mass is 559 g/mol. The van der Waals surface area contributed by atoms with E-state index in [1.807, 2.05) is 57.2 Å². The third kappa shape index (κ3) is 4.41. The SMILES string of the molecule is C#C[C@]1(CO[Si](c2ccccc2)(c2ccccc2)C(C)(C)C)O[C@@H](n2ccc(N)nc2=O)[C@]2(C)OC(C)(C)OC12. The van der Waals surface area contributed by atoms with Gasteiger partial charge in [-0.3, -0.25) is 4.57 Å². The highest BCUT2D eigenvalue weighted by atomic mass is 28.4. The molecular weight excluding hydrogens is 522 g/mol. The van der Waals surface area contributed by atoms with E-state index in [1.54, 1.807) is 12.3 Å². The summed E-state index contributed by atoms with van der Waals surface area (Å²) < 4.78 is 28.1. The van der Waals surface area contributed by atoms with Crippen LogP contribution in [0, 0.1) is 12.3 Å². The van der Waals surface area contributed by atoms with Crippen molar-refractivity contribution in [2.24, 2.45) is 0 Å². The van der Waals surface area contributed by atoms with E-state index in [-0.39, 0.29) is 17.5 Å². The minimum absolute atomic E-state index is 0.0180. The molecule has 1 aromatic heterocycles. The van der Waals surface area contributed by atoms with E-state index >= 15 is 0 Å². The quantitative estimate of drug-likeness (QED) is 0.366. The van der Waals surface area contributed by atoms with Crippen LogP contribution in [-0.4, -0.2) is 47.6 Å². The van der Waals surface area contributed by atoms with Crippen LogP contribution in [0.4, 0.5) is 5.82 Å². The van der Waals surface area contributed by atoms with Crippen molar-refractivity contribution in [2.75, 3.05) is 12.3 Å². The van der Waals surface area contributed by atoms with Gasteiger partial charge in [0.05, 0.1) is 6.61 Å². The fourth-order valence-electron chi connectivity index (χ4n) is 6.30. The molecule has 2 fully saturated rings. The number of nitrogens with two attached hydrogens (primary N) is 1. The van der Waals surface area contributed by atoms with Gasteiger partial charge in [-0.05, 0) is 42.2 Å². The summed E-state index contributed by atoms with van der Waals surface area (Å²) in [7, 11) is -2.97. The number of rotatable bonds is 6. The molecule has 40 heavy (non-hydrogen) atoms. The fourth-order valence-corrected chi connectivity index (χ4v) is 10.9. The van der Waals surface area contributed by atoms with Gasteiger partial charge in [0.25, 0.3) is 8.32 Å². The molecule has 2 aromatic carbocycles. The second-order valence-corrected chi connectivity index (χ2v) is 16.5. The van der Waals surface area contributed by atoms with Gasteiger partial charge in [-0.15, -0.1) is 6.42 Å². The first-order valence-corrected chi connectivity index (χ1v) is 15.3. The lowest BCUT2D eigenvalue weighted by molar-refractivity contribution is -0.228. The zero-order valence-electron chi connectivity index (χ0n) is 23.9. The van der Waals surface area contributed by atoms with E-state index in [0.717, 1.165) is 10.4 Å². The molecule has 8 nitrogen and oxygen atoms in total. The van der Waals surface area contributed by atoms with Crippen LogP contribution in [-0.2, 0) is 18.6 Å². The molecule has 2 saturated heterocycles. The summed E-state index contributed by atoms with van der Waals surface area (Å²) in [5.74, 6) is 2.01. The number of terminal acetylenes is 1. The Morgan fingerprint density at radius 2 is 1.60 bits per heavy atom. The minimum atomic E-state index is -2.97. The molecular formula is C31H37N3O5Si. The molecule has 0 saturated carbocycles. The Kier molecular flexibility index (Phi) is 6.84. The smallest absolute Gasteiger partial charge is 0.351 e. The van der Waals surface area contributed by atoms with Gasteiger partial charge in [-0.2, -0.15) is 4.98 Å². The number of hydrogen-bond donors (Lipinski definition) is 1. The van der Waals surface area contributed by atoms with Gasteiger partial charge in [0.1, 0.15) is 17.5 Å². The summed E-state index contributed by atoms with van der Waals surface area (Å²) in [6, 6.07) is 22.1. The Bertz CT molecular complexity index is 1440. The molecule has 2 aliphatic rings. The molecule has 5 rings (SSSR count). The van der Waals surface area contributed by atoms with E-state index in [4.69, 9.17) is 30.8 Å². The van der Waals surface area contributed by atoms with Crippen molar-refractivity contribution in [1.29, 1.82) is 0 Å². The summed E-state index contributed by atoms with van der Waals surface area (Å²) in [5.41, 5.74) is 2.70. The van der Waals surface area contributed by atoms with Crippen LogP contribution in [0.15, 0.2) is 77.7 Å². The van der Waals surface area contributed by atoms with Crippen molar-refractivity contribution in [3.8, 4) is 12.3 Å². The molecule has 0 bridgehead atoms. The number of nitrogen functional groups attached to an aromatic ring is 1. The van der Waals surface area contributed by atoms with Gasteiger partial charge < -0.3 is 24.4 Å². The molecule has 3 heterocycles. The van der Waals surface area contributed by atoms with E-state index in [0.29, 0.717) is 0 Å². The van der Waals surface area contributed by atoms with Crippen LogP contribution in [0.25, 0.3) is 0 Å². The number of hydrogen-bond acceptors (Lipinski definition) is 7. The van der Waals surface area contributed by atoms with E-state index in [2.05, 4.69) is 55.9 Å². The normalized spacial score (nSPS) is 27.7. The van der Waals surface area contributed by atoms with Crippen molar-refractivity contribution >= 4 is 24.5 Å². The molecule has 0 aliphatic carbocycles. The second-order valence-electron chi connectivity index (χ2n) is 12.2. The third-order valence-corrected chi connectivity index (χ3v) is 12.9. The van der Waals surface area contributed by atoms with E-state index in [9.17, 15) is 4.79 Å². The van der Waals surface area contributed by atoms with Crippen molar-refractivity contribution in [1.82, 2.24) is 9.55 Å². The van der Waals surface area contributed by atoms with Crippen LogP contribution in [0.3, 0.4) is 0 Å². The van der Waals surface area contributed by atoms with Gasteiger partial charge in [0, 0.05) is 6.20 Å². The van der Waals surface area contributed by atoms with Gasteiger partial charge in [0.15, 0.2) is 17.6 Å². The first-order chi connectivity index (χ1) is 18.8. The van der Waals surface area contributed by atoms with Crippen molar-refractivity contribution in [3.05, 3.63) is 83.4 Å². The maximum Gasteiger partial charge on any atom is 0.351 e. The predicted octanol–water partition coefficient (Wildman–Crippen LogP) is 3.21. The van der Waals surface area contributed by atoms with Crippen LogP contribution < -0.4 is 21.8 Å². The molecule has 3 aromatic rings. The molecule has 2 N–H and O–H groups in total. The molecule has 210 valence electrons. The standard InChI is InChI=1S/C31H37N3O5Si/c1-8-31(21-36-40(28(2,3)4,22-15-11-9-12-16-22)23-17-13-10-14-18-23)25-30(7,39-29(5,6)37-25)26(38-31)34-20-19-24(32)33-27(34)35/h1,9-20,25-26H,21H2,2-7H3,(H2,32,33,35)/t25?,26-,30-,31-/m1/s1. The van der Waals surface area contributed by atoms with Crippen LogP contribution >= 0.6 is 0 Å². The van der Waals surface area contributed by atoms with Gasteiger partial charge >= 0.3 is 5.69 Å². The van der Waals surface area contributed by atoms with Crippen LogP contribution in [0.2, 0.25) is 5.04 Å². The topological polar surface area (TPSA) is 97.8 Å². The molecule has 9 heteroatoms. The second kappa shape index (κ2) is 9.68. The zero-order valence-corrected chi connectivity index (χ0v) is 24.9. The maximum absolute atomic E-state index is 13.0. The molecule has 4 atom stereocenters. The van der Waals surface area contributed by atoms with Gasteiger partial charge in [-0.25, -0.2) is 4.79 Å².